The molecule has 0 spiro atoms. The number of hydrogen-bond donors (Lipinski definition) is 1. The van der Waals surface area contributed by atoms with Gasteiger partial charge in [0.15, 0.2) is 0 Å². The molecule has 1 aliphatic rings. The van der Waals surface area contributed by atoms with Crippen molar-refractivity contribution in [3.8, 4) is 5.75 Å². The number of likely N-dealkylation sites (tertiary alicyclic amines) is 1. The molecular formula is C17H25NO3. The van der Waals surface area contributed by atoms with Gasteiger partial charge < -0.3 is 14.7 Å². The molecule has 4 heteroatoms. The van der Waals surface area contributed by atoms with Crippen molar-refractivity contribution in [3.05, 3.63) is 29.8 Å². The number of aliphatic hydroxyl groups excluding tert-OH is 1. The van der Waals surface area contributed by atoms with Crippen LogP contribution in [0.3, 0.4) is 0 Å². The molecule has 1 N–H and O–H groups in total. The molecule has 0 aliphatic carbocycles. The van der Waals surface area contributed by atoms with Gasteiger partial charge in [0.1, 0.15) is 5.75 Å². The van der Waals surface area contributed by atoms with Crippen LogP contribution in [-0.2, 0) is 4.79 Å². The quantitative estimate of drug-likeness (QED) is 0.848. The molecule has 0 saturated carbocycles. The number of hydrogen-bond acceptors (Lipinski definition) is 3. The zero-order valence-corrected chi connectivity index (χ0v) is 13.4. The summed E-state index contributed by atoms with van der Waals surface area (Å²) >= 11 is 0. The second kappa shape index (κ2) is 6.06. The number of aliphatic hydroxyl groups is 1. The highest BCUT2D eigenvalue weighted by molar-refractivity contribution is 5.87. The van der Waals surface area contributed by atoms with E-state index in [0.717, 1.165) is 11.3 Å². The van der Waals surface area contributed by atoms with Crippen LogP contribution in [-0.4, -0.2) is 35.2 Å². The predicted octanol–water partition coefficient (Wildman–Crippen LogP) is 2.62. The number of rotatable bonds is 5. The van der Waals surface area contributed by atoms with Gasteiger partial charge in [-0.25, -0.2) is 0 Å². The van der Waals surface area contributed by atoms with E-state index in [1.165, 1.54) is 0 Å². The van der Waals surface area contributed by atoms with Crippen molar-refractivity contribution in [2.24, 2.45) is 11.8 Å². The Balaban J connectivity index is 2.31. The van der Waals surface area contributed by atoms with Crippen LogP contribution in [0.1, 0.15) is 39.3 Å². The van der Waals surface area contributed by atoms with Crippen molar-refractivity contribution in [1.82, 2.24) is 4.90 Å². The number of benzene rings is 1. The van der Waals surface area contributed by atoms with E-state index in [2.05, 4.69) is 0 Å². The van der Waals surface area contributed by atoms with Crippen molar-refractivity contribution in [3.63, 3.8) is 0 Å². The summed E-state index contributed by atoms with van der Waals surface area (Å²) in [4.78, 5) is 14.3. The van der Waals surface area contributed by atoms with Crippen molar-refractivity contribution in [1.29, 1.82) is 0 Å². The minimum Gasteiger partial charge on any atom is -0.497 e. The topological polar surface area (TPSA) is 49.8 Å². The van der Waals surface area contributed by atoms with Crippen LogP contribution >= 0.6 is 0 Å². The fraction of sp³-hybridized carbons (Fsp3) is 0.588. The summed E-state index contributed by atoms with van der Waals surface area (Å²) in [7, 11) is 1.63. The van der Waals surface area contributed by atoms with Crippen LogP contribution in [0.5, 0.6) is 5.75 Å². The molecule has 0 radical (unpaired) electrons. The maximum atomic E-state index is 12.4. The van der Waals surface area contributed by atoms with Crippen molar-refractivity contribution < 1.29 is 14.6 Å². The zero-order chi connectivity index (χ0) is 15.7. The number of β-lactam (4-membered cyclic amide) rings is 1. The molecule has 1 fully saturated rings. The van der Waals surface area contributed by atoms with E-state index < -0.39 is 6.10 Å². The van der Waals surface area contributed by atoms with E-state index in [-0.39, 0.29) is 29.8 Å². The van der Waals surface area contributed by atoms with E-state index in [0.29, 0.717) is 0 Å². The van der Waals surface area contributed by atoms with E-state index in [1.54, 1.807) is 7.11 Å². The van der Waals surface area contributed by atoms with Gasteiger partial charge in [0.2, 0.25) is 5.91 Å². The summed E-state index contributed by atoms with van der Waals surface area (Å²) in [5, 5.41) is 10.4. The number of ether oxygens (including phenoxy) is 1. The highest BCUT2D eigenvalue weighted by atomic mass is 16.5. The Morgan fingerprint density at radius 2 is 1.71 bits per heavy atom. The highest BCUT2D eigenvalue weighted by Crippen LogP contribution is 2.45. The summed E-state index contributed by atoms with van der Waals surface area (Å²) < 4.78 is 5.18. The van der Waals surface area contributed by atoms with Crippen molar-refractivity contribution in [2.45, 2.75) is 45.9 Å². The van der Waals surface area contributed by atoms with Crippen LogP contribution in [0, 0.1) is 11.8 Å². The summed E-state index contributed by atoms with van der Waals surface area (Å²) in [5.41, 5.74) is 1.05. The fourth-order valence-electron chi connectivity index (χ4n) is 3.03. The lowest BCUT2D eigenvalue weighted by molar-refractivity contribution is -0.172. The Labute approximate surface area is 126 Å². The maximum Gasteiger partial charge on any atom is 0.231 e. The van der Waals surface area contributed by atoms with Crippen LogP contribution in [0.15, 0.2) is 24.3 Å². The van der Waals surface area contributed by atoms with Gasteiger partial charge >= 0.3 is 0 Å². The molecule has 1 heterocycles. The molecule has 1 aliphatic heterocycles. The van der Waals surface area contributed by atoms with Gasteiger partial charge in [-0.2, -0.15) is 0 Å². The van der Waals surface area contributed by atoms with E-state index >= 15 is 0 Å². The Kier molecular flexibility index (Phi) is 4.57. The average Bonchev–Trinajstić information content (AvgIpc) is 2.44. The standard InChI is InChI=1S/C17H25NO3/c1-10(2)16(19)14-15(18(11(3)4)17(14)20)12-6-8-13(21-5)9-7-12/h6-11,14-16,19H,1-5H3/t14-,15?,16+/m0/s1. The van der Waals surface area contributed by atoms with E-state index in [1.807, 2.05) is 56.9 Å². The molecule has 0 bridgehead atoms. The number of carbonyl (C=O) groups is 1. The first-order valence-corrected chi connectivity index (χ1v) is 7.52. The van der Waals surface area contributed by atoms with Gasteiger partial charge in [0.05, 0.1) is 25.2 Å². The summed E-state index contributed by atoms with van der Waals surface area (Å²) in [6.07, 6.45) is -0.611. The summed E-state index contributed by atoms with van der Waals surface area (Å²) in [6, 6.07) is 7.82. The first kappa shape index (κ1) is 15.8. The molecule has 116 valence electrons. The third-order valence-electron chi connectivity index (χ3n) is 4.24. The average molecular weight is 291 g/mol. The Morgan fingerprint density at radius 3 is 2.14 bits per heavy atom. The Hall–Kier alpha value is -1.55. The molecule has 1 aromatic rings. The van der Waals surface area contributed by atoms with Gasteiger partial charge in [0.25, 0.3) is 0 Å². The Bertz CT molecular complexity index is 495. The van der Waals surface area contributed by atoms with Gasteiger partial charge in [0, 0.05) is 6.04 Å². The predicted molar refractivity (Wildman–Crippen MR) is 82.1 cm³/mol. The lowest BCUT2D eigenvalue weighted by Gasteiger charge is -2.52. The van der Waals surface area contributed by atoms with Gasteiger partial charge in [-0.15, -0.1) is 0 Å². The van der Waals surface area contributed by atoms with Crippen LogP contribution in [0.4, 0.5) is 0 Å². The maximum absolute atomic E-state index is 12.4. The summed E-state index contributed by atoms with van der Waals surface area (Å²) in [5.74, 6) is 0.559. The molecule has 1 aromatic carbocycles. The Morgan fingerprint density at radius 1 is 1.14 bits per heavy atom. The highest BCUT2D eigenvalue weighted by Gasteiger charge is 2.52. The molecule has 1 amide bonds. The van der Waals surface area contributed by atoms with Gasteiger partial charge in [-0.1, -0.05) is 26.0 Å². The molecule has 4 nitrogen and oxygen atoms in total. The molecule has 1 saturated heterocycles. The van der Waals surface area contributed by atoms with Crippen LogP contribution in [0.2, 0.25) is 0 Å². The monoisotopic (exact) mass is 291 g/mol. The molecule has 2 rings (SSSR count). The van der Waals surface area contributed by atoms with E-state index in [9.17, 15) is 9.90 Å². The smallest absolute Gasteiger partial charge is 0.231 e. The van der Waals surface area contributed by atoms with Crippen molar-refractivity contribution in [2.75, 3.05) is 7.11 Å². The van der Waals surface area contributed by atoms with Gasteiger partial charge in [-0.3, -0.25) is 4.79 Å². The lowest BCUT2D eigenvalue weighted by Crippen LogP contribution is -2.62. The van der Waals surface area contributed by atoms with Crippen molar-refractivity contribution >= 4 is 5.91 Å². The first-order valence-electron chi connectivity index (χ1n) is 7.52. The van der Waals surface area contributed by atoms with E-state index in [4.69, 9.17) is 4.74 Å². The van der Waals surface area contributed by atoms with Crippen LogP contribution in [0.25, 0.3) is 0 Å². The molecule has 1 unspecified atom stereocenters. The minimum atomic E-state index is -0.611. The van der Waals surface area contributed by atoms with Crippen LogP contribution < -0.4 is 4.74 Å². The molecule has 3 atom stereocenters. The zero-order valence-electron chi connectivity index (χ0n) is 13.4. The second-order valence-electron chi connectivity index (χ2n) is 6.32. The number of methoxy groups -OCH3 is 1. The lowest BCUT2D eigenvalue weighted by atomic mass is 9.75. The minimum absolute atomic E-state index is 0.0482. The number of nitrogens with zero attached hydrogens (tertiary/aromatic N) is 1. The second-order valence-corrected chi connectivity index (χ2v) is 6.32. The molecular weight excluding hydrogens is 266 g/mol. The molecule has 0 aromatic heterocycles. The fourth-order valence-corrected chi connectivity index (χ4v) is 3.03. The number of carbonyl (C=O) groups excluding carboxylic acids is 1. The SMILES string of the molecule is COc1ccc(C2[C@@H]([C@H](O)C(C)C)C(=O)N2C(C)C)cc1. The third-order valence-corrected chi connectivity index (χ3v) is 4.24. The summed E-state index contributed by atoms with van der Waals surface area (Å²) in [6.45, 7) is 7.90. The van der Waals surface area contributed by atoms with Gasteiger partial charge in [-0.05, 0) is 37.5 Å². The number of amides is 1. The first-order chi connectivity index (χ1) is 9.88. The third kappa shape index (κ3) is 2.77. The molecule has 21 heavy (non-hydrogen) atoms. The largest absolute Gasteiger partial charge is 0.497 e. The normalized spacial score (nSPS) is 23.4.